The van der Waals surface area contributed by atoms with Gasteiger partial charge in [0.05, 0.1) is 19.3 Å². The molecule has 4 rings (SSSR count). The Hall–Kier alpha value is -0.870. The third-order valence-electron chi connectivity index (χ3n) is 6.91. The molecule has 2 saturated heterocycles. The molecule has 1 unspecified atom stereocenters. The van der Waals surface area contributed by atoms with Gasteiger partial charge in [-0.05, 0) is 56.3 Å². The minimum atomic E-state index is 0.214. The molecule has 0 radical (unpaired) electrons. The molecule has 4 aliphatic rings. The van der Waals surface area contributed by atoms with Gasteiger partial charge in [-0.1, -0.05) is 25.0 Å². The summed E-state index contributed by atoms with van der Waals surface area (Å²) < 4.78 is 12.0. The summed E-state index contributed by atoms with van der Waals surface area (Å²) >= 11 is 0. The van der Waals surface area contributed by atoms with Gasteiger partial charge in [0.25, 0.3) is 0 Å². The number of rotatable bonds is 5. The molecule has 0 aromatic heterocycles. The molecule has 4 heteroatoms. The molecule has 0 aromatic rings. The van der Waals surface area contributed by atoms with Crippen molar-refractivity contribution < 1.29 is 14.3 Å². The molecule has 2 aliphatic carbocycles. The van der Waals surface area contributed by atoms with Crippen molar-refractivity contribution in [2.24, 2.45) is 17.3 Å². The topological polar surface area (TPSA) is 38.8 Å². The molecule has 0 bridgehead atoms. The molecule has 0 N–H and O–H groups in total. The summed E-state index contributed by atoms with van der Waals surface area (Å²) in [5.74, 6) is 1.37. The van der Waals surface area contributed by atoms with Crippen molar-refractivity contribution in [2.75, 3.05) is 32.9 Å². The Morgan fingerprint density at radius 2 is 1.84 bits per heavy atom. The van der Waals surface area contributed by atoms with E-state index in [0.717, 1.165) is 70.9 Å². The van der Waals surface area contributed by atoms with Crippen LogP contribution < -0.4 is 0 Å². The maximum atomic E-state index is 12.6. The number of carbonyl (C=O) groups excluding carboxylic acids is 1. The first-order chi connectivity index (χ1) is 12.2. The standard InChI is InChI=1S/C21H33NO3/c23-20(18-7-3-4-8-18)22-11-9-21(10-12-22)13-19(25-16-21)15-24-14-17-5-1-2-6-17/h3-4,17-19H,1-2,5-16H2. The van der Waals surface area contributed by atoms with Crippen LogP contribution >= 0.6 is 0 Å². The van der Waals surface area contributed by atoms with Crippen LogP contribution in [0, 0.1) is 17.3 Å². The van der Waals surface area contributed by atoms with Gasteiger partial charge in [-0.3, -0.25) is 4.79 Å². The van der Waals surface area contributed by atoms with Gasteiger partial charge in [0.2, 0.25) is 5.91 Å². The summed E-state index contributed by atoms with van der Waals surface area (Å²) in [5, 5.41) is 0. The zero-order chi connectivity index (χ0) is 17.1. The summed E-state index contributed by atoms with van der Waals surface area (Å²) in [6.45, 7) is 4.36. The Labute approximate surface area is 151 Å². The molecule has 3 fully saturated rings. The fourth-order valence-electron chi connectivity index (χ4n) is 5.17. The van der Waals surface area contributed by atoms with Crippen LogP contribution in [-0.2, 0) is 14.3 Å². The highest BCUT2D eigenvalue weighted by atomic mass is 16.5. The lowest BCUT2D eigenvalue weighted by molar-refractivity contribution is -0.137. The molecule has 1 amide bonds. The lowest BCUT2D eigenvalue weighted by Gasteiger charge is -2.39. The molecular weight excluding hydrogens is 314 g/mol. The molecule has 1 atom stereocenters. The molecule has 4 nitrogen and oxygen atoms in total. The van der Waals surface area contributed by atoms with Gasteiger partial charge in [0.1, 0.15) is 0 Å². The van der Waals surface area contributed by atoms with Crippen molar-refractivity contribution >= 4 is 5.91 Å². The summed E-state index contributed by atoms with van der Waals surface area (Å²) in [5.41, 5.74) is 0.298. The van der Waals surface area contributed by atoms with Crippen LogP contribution in [0.15, 0.2) is 12.2 Å². The smallest absolute Gasteiger partial charge is 0.226 e. The average molecular weight is 347 g/mol. The Morgan fingerprint density at radius 1 is 1.12 bits per heavy atom. The molecule has 1 spiro atoms. The maximum absolute atomic E-state index is 12.6. The number of amides is 1. The van der Waals surface area contributed by atoms with Crippen LogP contribution in [0.2, 0.25) is 0 Å². The van der Waals surface area contributed by atoms with E-state index in [2.05, 4.69) is 17.1 Å². The van der Waals surface area contributed by atoms with Crippen molar-refractivity contribution in [3.63, 3.8) is 0 Å². The van der Waals surface area contributed by atoms with E-state index in [1.165, 1.54) is 25.7 Å². The van der Waals surface area contributed by atoms with Crippen LogP contribution in [-0.4, -0.2) is 49.8 Å². The summed E-state index contributed by atoms with van der Waals surface area (Å²) in [6.07, 6.45) is 15.2. The van der Waals surface area contributed by atoms with Crippen molar-refractivity contribution in [1.29, 1.82) is 0 Å². The van der Waals surface area contributed by atoms with E-state index in [-0.39, 0.29) is 12.0 Å². The highest BCUT2D eigenvalue weighted by Gasteiger charge is 2.43. The largest absolute Gasteiger partial charge is 0.378 e. The Morgan fingerprint density at radius 3 is 2.56 bits per heavy atom. The van der Waals surface area contributed by atoms with E-state index in [4.69, 9.17) is 9.47 Å². The van der Waals surface area contributed by atoms with Gasteiger partial charge < -0.3 is 14.4 Å². The van der Waals surface area contributed by atoms with Crippen molar-refractivity contribution in [1.82, 2.24) is 4.90 Å². The van der Waals surface area contributed by atoms with E-state index in [1.807, 2.05) is 0 Å². The highest BCUT2D eigenvalue weighted by molar-refractivity contribution is 5.79. The molecular formula is C21H33NO3. The van der Waals surface area contributed by atoms with Gasteiger partial charge in [-0.15, -0.1) is 0 Å². The van der Waals surface area contributed by atoms with E-state index in [1.54, 1.807) is 0 Å². The maximum Gasteiger partial charge on any atom is 0.226 e. The van der Waals surface area contributed by atoms with Gasteiger partial charge in [-0.2, -0.15) is 0 Å². The lowest BCUT2D eigenvalue weighted by atomic mass is 9.76. The first-order valence-corrected chi connectivity index (χ1v) is 10.4. The zero-order valence-corrected chi connectivity index (χ0v) is 15.5. The minimum Gasteiger partial charge on any atom is -0.378 e. The fraction of sp³-hybridized carbons (Fsp3) is 0.857. The minimum absolute atomic E-state index is 0.214. The van der Waals surface area contributed by atoms with Crippen LogP contribution in [0.25, 0.3) is 0 Å². The second-order valence-electron chi connectivity index (χ2n) is 8.79. The van der Waals surface area contributed by atoms with Crippen LogP contribution in [0.3, 0.4) is 0 Å². The number of ether oxygens (including phenoxy) is 2. The van der Waals surface area contributed by atoms with Gasteiger partial charge >= 0.3 is 0 Å². The van der Waals surface area contributed by atoms with E-state index in [0.29, 0.717) is 11.3 Å². The van der Waals surface area contributed by atoms with E-state index < -0.39 is 0 Å². The lowest BCUT2D eigenvalue weighted by Crippen LogP contribution is -2.45. The van der Waals surface area contributed by atoms with Crippen molar-refractivity contribution in [3.05, 3.63) is 12.2 Å². The number of likely N-dealkylation sites (tertiary alicyclic amines) is 1. The molecule has 0 aromatic carbocycles. The number of allylic oxidation sites excluding steroid dienone is 2. The predicted octanol–water partition coefficient (Wildman–Crippen LogP) is 3.56. The Kier molecular flexibility index (Phi) is 5.47. The Bertz CT molecular complexity index is 481. The van der Waals surface area contributed by atoms with Crippen molar-refractivity contribution in [2.45, 2.75) is 63.9 Å². The van der Waals surface area contributed by atoms with E-state index >= 15 is 0 Å². The van der Waals surface area contributed by atoms with Gasteiger partial charge in [0, 0.05) is 25.6 Å². The quantitative estimate of drug-likeness (QED) is 0.714. The van der Waals surface area contributed by atoms with Crippen molar-refractivity contribution in [3.8, 4) is 0 Å². The highest BCUT2D eigenvalue weighted by Crippen LogP contribution is 2.42. The first-order valence-electron chi connectivity index (χ1n) is 10.4. The molecule has 2 aliphatic heterocycles. The summed E-state index contributed by atoms with van der Waals surface area (Å²) in [7, 11) is 0. The number of hydrogen-bond donors (Lipinski definition) is 0. The molecule has 1 saturated carbocycles. The molecule has 2 heterocycles. The fourth-order valence-corrected chi connectivity index (χ4v) is 5.17. The Balaban J connectivity index is 1.18. The first kappa shape index (κ1) is 17.5. The second-order valence-corrected chi connectivity index (χ2v) is 8.79. The third kappa shape index (κ3) is 4.11. The number of carbonyl (C=O) groups is 1. The molecule has 140 valence electrons. The molecule has 25 heavy (non-hydrogen) atoms. The summed E-state index contributed by atoms with van der Waals surface area (Å²) in [4.78, 5) is 14.7. The van der Waals surface area contributed by atoms with Gasteiger partial charge in [-0.25, -0.2) is 0 Å². The van der Waals surface area contributed by atoms with Crippen LogP contribution in [0.4, 0.5) is 0 Å². The number of nitrogens with zero attached hydrogens (tertiary/aromatic N) is 1. The zero-order valence-electron chi connectivity index (χ0n) is 15.5. The normalized spacial score (nSPS) is 29.9. The van der Waals surface area contributed by atoms with Crippen LogP contribution in [0.5, 0.6) is 0 Å². The third-order valence-corrected chi connectivity index (χ3v) is 6.91. The van der Waals surface area contributed by atoms with Crippen LogP contribution in [0.1, 0.15) is 57.8 Å². The average Bonchev–Trinajstić information content (AvgIpc) is 3.38. The SMILES string of the molecule is O=C(C1CC=CC1)N1CCC2(CC1)COC(COCC1CCCC1)C2. The van der Waals surface area contributed by atoms with E-state index in [9.17, 15) is 4.79 Å². The predicted molar refractivity (Wildman–Crippen MR) is 97.2 cm³/mol. The monoisotopic (exact) mass is 347 g/mol. The van der Waals surface area contributed by atoms with Gasteiger partial charge in [0.15, 0.2) is 0 Å². The second kappa shape index (κ2) is 7.79. The number of piperidine rings is 1. The summed E-state index contributed by atoms with van der Waals surface area (Å²) in [6, 6.07) is 0. The number of hydrogen-bond acceptors (Lipinski definition) is 3.